The maximum Gasteiger partial charge on any atom is 0.309 e. The molecule has 3 aromatic rings. The summed E-state index contributed by atoms with van der Waals surface area (Å²) >= 11 is 0. The molecule has 0 N–H and O–H groups in total. The molecular formula is C30H31F2NO8. The van der Waals surface area contributed by atoms with Crippen LogP contribution in [-0.4, -0.2) is 50.1 Å². The highest BCUT2D eigenvalue weighted by Crippen LogP contribution is 2.35. The molecule has 1 aromatic heterocycles. The van der Waals surface area contributed by atoms with E-state index in [9.17, 15) is 23.2 Å². The number of carbonyl (C=O) groups excluding carboxylic acids is 3. The summed E-state index contributed by atoms with van der Waals surface area (Å²) in [5.74, 6) is -4.97. The zero-order valence-electron chi connectivity index (χ0n) is 23.5. The molecule has 0 amide bonds. The van der Waals surface area contributed by atoms with Crippen LogP contribution < -0.4 is 18.9 Å². The Labute approximate surface area is 236 Å². The Hall–Kier alpha value is -4.54. The predicted octanol–water partition coefficient (Wildman–Crippen LogP) is 5.28. The number of nitrogens with zero attached hydrogens (tertiary/aromatic N) is 1. The number of benzene rings is 2. The van der Waals surface area contributed by atoms with Gasteiger partial charge in [-0.2, -0.15) is 0 Å². The van der Waals surface area contributed by atoms with Crippen LogP contribution in [0, 0.1) is 17.6 Å². The van der Waals surface area contributed by atoms with Gasteiger partial charge in [0, 0.05) is 31.5 Å². The molecule has 11 heteroatoms. The summed E-state index contributed by atoms with van der Waals surface area (Å²) in [6.07, 6.45) is 0.0857. The average Bonchev–Trinajstić information content (AvgIpc) is 2.93. The van der Waals surface area contributed by atoms with Crippen molar-refractivity contribution in [2.75, 3.05) is 21.3 Å². The Morgan fingerprint density at radius 3 is 1.83 bits per heavy atom. The van der Waals surface area contributed by atoms with Crippen molar-refractivity contribution in [2.45, 2.75) is 39.2 Å². The van der Waals surface area contributed by atoms with E-state index in [0.29, 0.717) is 11.1 Å². The topological polar surface area (TPSA) is 110 Å². The fraction of sp³-hybridized carbons (Fsp3) is 0.333. The number of carbonyl (C=O) groups is 3. The third-order valence-electron chi connectivity index (χ3n) is 6.33. The highest BCUT2D eigenvalue weighted by atomic mass is 19.1. The van der Waals surface area contributed by atoms with Crippen molar-refractivity contribution in [3.05, 3.63) is 77.1 Å². The molecule has 0 spiro atoms. The zero-order valence-corrected chi connectivity index (χ0v) is 23.5. The number of esters is 2. The van der Waals surface area contributed by atoms with E-state index in [2.05, 4.69) is 4.98 Å². The van der Waals surface area contributed by atoms with E-state index in [1.807, 2.05) is 0 Å². The molecule has 2 atom stereocenters. The van der Waals surface area contributed by atoms with Crippen LogP contribution in [0.25, 0.3) is 0 Å². The van der Waals surface area contributed by atoms with Gasteiger partial charge in [0.15, 0.2) is 40.4 Å². The van der Waals surface area contributed by atoms with Gasteiger partial charge in [0.2, 0.25) is 5.75 Å². The quantitative estimate of drug-likeness (QED) is 0.212. The summed E-state index contributed by atoms with van der Waals surface area (Å²) in [6.45, 7) is 4.25. The van der Waals surface area contributed by atoms with Gasteiger partial charge in [-0.05, 0) is 42.3 Å². The van der Waals surface area contributed by atoms with Gasteiger partial charge in [0.05, 0.1) is 27.2 Å². The number of methoxy groups -OCH3 is 3. The Balaban J connectivity index is 1.86. The normalized spacial score (nSPS) is 12.3. The highest BCUT2D eigenvalue weighted by molar-refractivity contribution is 5.99. The van der Waals surface area contributed by atoms with E-state index in [1.165, 1.54) is 71.7 Å². The van der Waals surface area contributed by atoms with Crippen molar-refractivity contribution in [3.8, 4) is 23.0 Å². The maximum atomic E-state index is 14.6. The molecule has 0 saturated carbocycles. The van der Waals surface area contributed by atoms with Gasteiger partial charge in [0.25, 0.3) is 0 Å². The monoisotopic (exact) mass is 571 g/mol. The van der Waals surface area contributed by atoms with Crippen LogP contribution in [-0.2, 0) is 14.3 Å². The van der Waals surface area contributed by atoms with Crippen LogP contribution in [0.2, 0.25) is 0 Å². The molecule has 218 valence electrons. The minimum absolute atomic E-state index is 0.0180. The molecule has 3 rings (SSSR count). The predicted molar refractivity (Wildman–Crippen MR) is 144 cm³/mol. The van der Waals surface area contributed by atoms with Gasteiger partial charge in [-0.15, -0.1) is 0 Å². The van der Waals surface area contributed by atoms with Gasteiger partial charge in [0.1, 0.15) is 6.10 Å². The number of pyridine rings is 1. The molecule has 41 heavy (non-hydrogen) atoms. The summed E-state index contributed by atoms with van der Waals surface area (Å²) in [5.41, 5.74) is 0.638. The first-order chi connectivity index (χ1) is 19.5. The molecule has 0 saturated heterocycles. The van der Waals surface area contributed by atoms with Gasteiger partial charge in [-0.25, -0.2) is 13.8 Å². The standard InChI is InChI=1S/C30H31F2NO8/c1-16(13-23(35)28-29(41-18(3)34)26(39-6)11-12-33-28)30(36)40-17(2)27(19-7-9-24(37-4)21(31)14-19)20-8-10-25(38-5)22(32)15-20/h7-12,14-17,27H,13H2,1-6H3/t16-,17+/m1/s1. The lowest BCUT2D eigenvalue weighted by Gasteiger charge is -2.27. The third-order valence-corrected chi connectivity index (χ3v) is 6.33. The first-order valence-electron chi connectivity index (χ1n) is 12.6. The Morgan fingerprint density at radius 2 is 1.37 bits per heavy atom. The Kier molecular flexibility index (Phi) is 10.3. The molecule has 1 heterocycles. The minimum atomic E-state index is -0.941. The van der Waals surface area contributed by atoms with Crippen molar-refractivity contribution in [1.29, 1.82) is 0 Å². The summed E-state index contributed by atoms with van der Waals surface area (Å²) in [6, 6.07) is 9.93. The fourth-order valence-electron chi connectivity index (χ4n) is 4.34. The Bertz CT molecular complexity index is 1370. The fourth-order valence-corrected chi connectivity index (χ4v) is 4.34. The number of ether oxygens (including phenoxy) is 5. The molecule has 2 aromatic carbocycles. The number of hydrogen-bond acceptors (Lipinski definition) is 9. The summed E-state index contributed by atoms with van der Waals surface area (Å²) in [5, 5.41) is 0. The second-order valence-electron chi connectivity index (χ2n) is 9.22. The van der Waals surface area contributed by atoms with Gasteiger partial charge < -0.3 is 23.7 Å². The first-order valence-corrected chi connectivity index (χ1v) is 12.6. The SMILES string of the molecule is COc1ccc(C(c2ccc(OC)c(F)c2)[C@H](C)OC(=O)[C@H](C)CC(=O)c2nccc(OC)c2OC(C)=O)cc1F. The molecule has 0 unspecified atom stereocenters. The van der Waals surface area contributed by atoms with Crippen molar-refractivity contribution in [2.24, 2.45) is 5.92 Å². The van der Waals surface area contributed by atoms with Gasteiger partial charge >= 0.3 is 11.9 Å². The van der Waals surface area contributed by atoms with Crippen molar-refractivity contribution in [3.63, 3.8) is 0 Å². The molecule has 0 bridgehead atoms. The number of hydrogen-bond donors (Lipinski definition) is 0. The van der Waals surface area contributed by atoms with Crippen molar-refractivity contribution < 1.29 is 46.8 Å². The summed E-state index contributed by atoms with van der Waals surface area (Å²) < 4.78 is 55.3. The van der Waals surface area contributed by atoms with Crippen LogP contribution in [0.3, 0.4) is 0 Å². The first kappa shape index (κ1) is 31.0. The van der Waals surface area contributed by atoms with Crippen LogP contribution >= 0.6 is 0 Å². The zero-order chi connectivity index (χ0) is 30.3. The largest absolute Gasteiger partial charge is 0.494 e. The average molecular weight is 572 g/mol. The lowest BCUT2D eigenvalue weighted by atomic mass is 9.86. The molecule has 0 fully saturated rings. The maximum absolute atomic E-state index is 14.6. The highest BCUT2D eigenvalue weighted by Gasteiger charge is 2.30. The van der Waals surface area contributed by atoms with Crippen LogP contribution in [0.1, 0.15) is 54.7 Å². The Morgan fingerprint density at radius 1 is 0.829 bits per heavy atom. The second-order valence-corrected chi connectivity index (χ2v) is 9.22. The molecule has 0 aliphatic heterocycles. The van der Waals surface area contributed by atoms with E-state index < -0.39 is 47.3 Å². The van der Waals surface area contributed by atoms with Crippen LogP contribution in [0.15, 0.2) is 48.7 Å². The number of ketones is 1. The van der Waals surface area contributed by atoms with E-state index in [-0.39, 0.29) is 35.1 Å². The van der Waals surface area contributed by atoms with Gasteiger partial charge in [-0.3, -0.25) is 14.4 Å². The molecule has 0 aliphatic rings. The molecule has 9 nitrogen and oxygen atoms in total. The minimum Gasteiger partial charge on any atom is -0.494 e. The number of Topliss-reactive ketones (excluding diaryl/α,β-unsaturated/α-hetero) is 1. The number of rotatable bonds is 12. The third kappa shape index (κ3) is 7.36. The van der Waals surface area contributed by atoms with E-state index in [4.69, 9.17) is 23.7 Å². The molecular weight excluding hydrogens is 540 g/mol. The van der Waals surface area contributed by atoms with E-state index in [1.54, 1.807) is 19.1 Å². The molecule has 0 aliphatic carbocycles. The van der Waals surface area contributed by atoms with Crippen LogP contribution in [0.4, 0.5) is 8.78 Å². The van der Waals surface area contributed by atoms with E-state index >= 15 is 0 Å². The number of halogens is 2. The van der Waals surface area contributed by atoms with E-state index in [0.717, 1.165) is 0 Å². The summed E-state index contributed by atoms with van der Waals surface area (Å²) in [4.78, 5) is 41.8. The van der Waals surface area contributed by atoms with Crippen molar-refractivity contribution in [1.82, 2.24) is 4.98 Å². The lowest BCUT2D eigenvalue weighted by molar-refractivity contribution is -0.153. The lowest BCUT2D eigenvalue weighted by Crippen LogP contribution is -2.28. The van der Waals surface area contributed by atoms with Gasteiger partial charge in [-0.1, -0.05) is 19.1 Å². The van der Waals surface area contributed by atoms with Crippen LogP contribution in [0.5, 0.6) is 23.0 Å². The van der Waals surface area contributed by atoms with Crippen molar-refractivity contribution >= 4 is 17.7 Å². The number of aromatic nitrogens is 1. The summed E-state index contributed by atoms with van der Waals surface area (Å²) in [7, 11) is 4.01. The molecule has 0 radical (unpaired) electrons. The smallest absolute Gasteiger partial charge is 0.309 e. The second kappa shape index (κ2) is 13.7.